The van der Waals surface area contributed by atoms with Crippen molar-refractivity contribution in [2.24, 2.45) is 0 Å². The molecule has 0 fully saturated rings. The van der Waals surface area contributed by atoms with Gasteiger partial charge in [-0.1, -0.05) is 6.07 Å². The molecule has 1 heterocycles. The van der Waals surface area contributed by atoms with Crippen LogP contribution in [0.2, 0.25) is 0 Å². The summed E-state index contributed by atoms with van der Waals surface area (Å²) < 4.78 is 27.0. The first kappa shape index (κ1) is 19.3. The first-order valence-corrected chi connectivity index (χ1v) is 9.82. The van der Waals surface area contributed by atoms with Crippen molar-refractivity contribution in [3.63, 3.8) is 0 Å². The van der Waals surface area contributed by atoms with Gasteiger partial charge in [-0.3, -0.25) is 4.79 Å². The number of benzene rings is 2. The van der Waals surface area contributed by atoms with E-state index in [4.69, 9.17) is 0 Å². The number of anilines is 3. The van der Waals surface area contributed by atoms with Gasteiger partial charge in [0, 0.05) is 43.4 Å². The Bertz CT molecular complexity index is 1070. The van der Waals surface area contributed by atoms with Gasteiger partial charge in [-0.15, -0.1) is 0 Å². The molecule has 0 radical (unpaired) electrons. The molecule has 0 atom stereocenters. The van der Waals surface area contributed by atoms with Crippen molar-refractivity contribution in [3.05, 3.63) is 72.6 Å². The number of amides is 1. The Morgan fingerprint density at radius 1 is 0.964 bits per heavy atom. The van der Waals surface area contributed by atoms with E-state index in [1.54, 1.807) is 24.3 Å². The number of nitrogens with zero attached hydrogens (tertiary/aromatic N) is 3. The van der Waals surface area contributed by atoms with Crippen LogP contribution in [-0.2, 0) is 10.0 Å². The molecular weight excluding hydrogens is 378 g/mol. The van der Waals surface area contributed by atoms with E-state index in [0.29, 0.717) is 11.3 Å². The van der Waals surface area contributed by atoms with Gasteiger partial charge in [0.05, 0.1) is 4.90 Å². The zero-order valence-corrected chi connectivity index (χ0v) is 16.1. The molecule has 144 valence electrons. The second-order valence-corrected chi connectivity index (χ2v) is 7.78. The van der Waals surface area contributed by atoms with Crippen molar-refractivity contribution in [2.45, 2.75) is 4.90 Å². The third kappa shape index (κ3) is 4.63. The van der Waals surface area contributed by atoms with E-state index in [9.17, 15) is 13.2 Å². The molecule has 0 saturated heterocycles. The fourth-order valence-corrected chi connectivity index (χ4v) is 3.33. The van der Waals surface area contributed by atoms with Crippen LogP contribution in [0.5, 0.6) is 0 Å². The van der Waals surface area contributed by atoms with E-state index in [0.717, 1.165) is 5.69 Å². The summed E-state index contributed by atoms with van der Waals surface area (Å²) in [5.74, 6) is -0.296. The maximum atomic E-state index is 12.4. The lowest BCUT2D eigenvalue weighted by atomic mass is 10.1. The van der Waals surface area contributed by atoms with Crippen LogP contribution < -0.4 is 14.9 Å². The fraction of sp³-hybridized carbons (Fsp3) is 0.105. The minimum atomic E-state index is -3.82. The van der Waals surface area contributed by atoms with E-state index >= 15 is 0 Å². The van der Waals surface area contributed by atoms with E-state index in [1.165, 1.54) is 36.7 Å². The van der Waals surface area contributed by atoms with E-state index in [2.05, 4.69) is 20.0 Å². The van der Waals surface area contributed by atoms with Crippen molar-refractivity contribution >= 4 is 33.3 Å². The molecule has 2 aromatic carbocycles. The summed E-state index contributed by atoms with van der Waals surface area (Å²) >= 11 is 0. The van der Waals surface area contributed by atoms with Crippen molar-refractivity contribution in [2.75, 3.05) is 29.0 Å². The molecule has 9 heteroatoms. The van der Waals surface area contributed by atoms with Gasteiger partial charge in [-0.05, 0) is 48.5 Å². The molecule has 0 aliphatic rings. The van der Waals surface area contributed by atoms with Crippen molar-refractivity contribution in [3.8, 4) is 0 Å². The molecule has 28 heavy (non-hydrogen) atoms. The standard InChI is InChI=1S/C19H19N5O3S/c1-24(2)16-6-3-5-14(13-16)18(25)22-15-7-9-17(10-8-15)28(26,27)23-19-20-11-4-12-21-19/h3-13H,1-2H3,(H,22,25)(H,20,21,23). The van der Waals surface area contributed by atoms with Gasteiger partial charge in [-0.2, -0.15) is 0 Å². The highest BCUT2D eigenvalue weighted by Gasteiger charge is 2.16. The second kappa shape index (κ2) is 8.05. The fourth-order valence-electron chi connectivity index (χ4n) is 2.38. The highest BCUT2D eigenvalue weighted by Crippen LogP contribution is 2.18. The number of carbonyl (C=O) groups is 1. The van der Waals surface area contributed by atoms with Crippen LogP contribution in [0.25, 0.3) is 0 Å². The Labute approximate surface area is 163 Å². The van der Waals surface area contributed by atoms with Crippen molar-refractivity contribution in [1.29, 1.82) is 0 Å². The summed E-state index contributed by atoms with van der Waals surface area (Å²) in [5, 5.41) is 2.76. The quantitative estimate of drug-likeness (QED) is 0.663. The number of rotatable bonds is 6. The summed E-state index contributed by atoms with van der Waals surface area (Å²) in [6.07, 6.45) is 2.88. The van der Waals surface area contributed by atoms with Gasteiger partial charge in [0.15, 0.2) is 0 Å². The van der Waals surface area contributed by atoms with Gasteiger partial charge in [0.1, 0.15) is 0 Å². The minimum absolute atomic E-state index is 0.0133. The third-order valence-corrected chi connectivity index (χ3v) is 5.18. The van der Waals surface area contributed by atoms with E-state index in [1.807, 2.05) is 25.1 Å². The molecule has 3 aromatic rings. The maximum Gasteiger partial charge on any atom is 0.264 e. The van der Waals surface area contributed by atoms with Gasteiger partial charge in [-0.25, -0.2) is 23.1 Å². The number of sulfonamides is 1. The number of hydrogen-bond donors (Lipinski definition) is 2. The molecule has 2 N–H and O–H groups in total. The van der Waals surface area contributed by atoms with Gasteiger partial charge < -0.3 is 10.2 Å². The molecule has 0 saturated carbocycles. The van der Waals surface area contributed by atoms with Crippen LogP contribution >= 0.6 is 0 Å². The van der Waals surface area contributed by atoms with Gasteiger partial charge >= 0.3 is 0 Å². The number of carbonyl (C=O) groups excluding carboxylic acids is 1. The third-order valence-electron chi connectivity index (χ3n) is 3.84. The lowest BCUT2D eigenvalue weighted by Gasteiger charge is -2.13. The molecule has 1 aromatic heterocycles. The minimum Gasteiger partial charge on any atom is -0.378 e. The molecule has 8 nitrogen and oxygen atoms in total. The predicted molar refractivity (Wildman–Crippen MR) is 108 cm³/mol. The van der Waals surface area contributed by atoms with Crippen LogP contribution in [0.4, 0.5) is 17.3 Å². The van der Waals surface area contributed by atoms with E-state index in [-0.39, 0.29) is 16.8 Å². The SMILES string of the molecule is CN(C)c1cccc(C(=O)Nc2ccc(S(=O)(=O)Nc3ncccn3)cc2)c1. The van der Waals surface area contributed by atoms with Crippen LogP contribution in [0.3, 0.4) is 0 Å². The molecule has 0 unspecified atom stereocenters. The van der Waals surface area contributed by atoms with Gasteiger partial charge in [0.2, 0.25) is 5.95 Å². The first-order valence-electron chi connectivity index (χ1n) is 8.34. The maximum absolute atomic E-state index is 12.4. The smallest absolute Gasteiger partial charge is 0.264 e. The highest BCUT2D eigenvalue weighted by molar-refractivity contribution is 7.92. The van der Waals surface area contributed by atoms with Crippen LogP contribution in [0, 0.1) is 0 Å². The van der Waals surface area contributed by atoms with Gasteiger partial charge in [0.25, 0.3) is 15.9 Å². The number of aromatic nitrogens is 2. The zero-order chi connectivity index (χ0) is 20.1. The topological polar surface area (TPSA) is 104 Å². The van der Waals surface area contributed by atoms with E-state index < -0.39 is 10.0 Å². The Balaban J connectivity index is 1.72. The number of nitrogens with one attached hydrogen (secondary N) is 2. The van der Waals surface area contributed by atoms with Crippen molar-refractivity contribution < 1.29 is 13.2 Å². The average Bonchev–Trinajstić information content (AvgIpc) is 2.69. The molecule has 0 aliphatic carbocycles. The number of hydrogen-bond acceptors (Lipinski definition) is 6. The largest absolute Gasteiger partial charge is 0.378 e. The predicted octanol–water partition coefficient (Wildman–Crippen LogP) is 2.60. The van der Waals surface area contributed by atoms with Crippen LogP contribution in [0.1, 0.15) is 10.4 Å². The van der Waals surface area contributed by atoms with Crippen molar-refractivity contribution in [1.82, 2.24) is 9.97 Å². The Hall–Kier alpha value is -3.46. The monoisotopic (exact) mass is 397 g/mol. The lowest BCUT2D eigenvalue weighted by molar-refractivity contribution is 0.102. The Morgan fingerprint density at radius 2 is 1.64 bits per heavy atom. The lowest BCUT2D eigenvalue weighted by Crippen LogP contribution is -2.16. The second-order valence-electron chi connectivity index (χ2n) is 6.10. The summed E-state index contributed by atoms with van der Waals surface area (Å²) in [7, 11) is -0.0320. The summed E-state index contributed by atoms with van der Waals surface area (Å²) in [4.78, 5) is 22.0. The molecule has 0 aliphatic heterocycles. The summed E-state index contributed by atoms with van der Waals surface area (Å²) in [6, 6.07) is 14.6. The molecular formula is C19H19N5O3S. The summed E-state index contributed by atoms with van der Waals surface area (Å²) in [5.41, 5.74) is 1.89. The summed E-state index contributed by atoms with van der Waals surface area (Å²) in [6.45, 7) is 0. The van der Waals surface area contributed by atoms with Crippen LogP contribution in [-0.4, -0.2) is 38.4 Å². The Morgan fingerprint density at radius 3 is 2.29 bits per heavy atom. The molecule has 3 rings (SSSR count). The normalized spacial score (nSPS) is 10.9. The first-order chi connectivity index (χ1) is 13.3. The van der Waals surface area contributed by atoms with Crippen LogP contribution in [0.15, 0.2) is 71.9 Å². The highest BCUT2D eigenvalue weighted by atomic mass is 32.2. The molecule has 0 spiro atoms. The molecule has 0 bridgehead atoms. The average molecular weight is 397 g/mol. The Kier molecular flexibility index (Phi) is 5.55. The molecule has 1 amide bonds. The zero-order valence-electron chi connectivity index (χ0n) is 15.3.